The Morgan fingerprint density at radius 1 is 0.980 bits per heavy atom. The van der Waals surface area contributed by atoms with Gasteiger partial charge in [0.25, 0.3) is 10.0 Å². The molecule has 0 aliphatic heterocycles. The summed E-state index contributed by atoms with van der Waals surface area (Å²) in [7, 11) is -7.63. The molecule has 0 saturated heterocycles. The van der Waals surface area contributed by atoms with Crippen LogP contribution in [-0.2, 0) is 24.9 Å². The number of nitrogens with one attached hydrogen (secondary N) is 3. The molecule has 0 aliphatic carbocycles. The normalized spacial score (nSPS) is 11.8. The average Bonchev–Trinajstić information content (AvgIpc) is 3.01. The van der Waals surface area contributed by atoms with Crippen LogP contribution < -0.4 is 50.6 Å². The molecule has 1 heterocycles. The molecule has 0 spiro atoms. The molecular weight excluding hydrogens is 709 g/mol. The van der Waals surface area contributed by atoms with Gasteiger partial charge in [0.2, 0.25) is 17.2 Å². The Morgan fingerprint density at radius 3 is 2.43 bits per heavy atom. The van der Waals surface area contributed by atoms with E-state index in [1.807, 2.05) is 0 Å². The Hall–Kier alpha value is -4.14. The van der Waals surface area contributed by atoms with E-state index in [4.69, 9.17) is 22.1 Å². The van der Waals surface area contributed by atoms with Crippen LogP contribution in [0.4, 0.5) is 40.3 Å². The molecule has 4 aromatic carbocycles. The van der Waals surface area contributed by atoms with Crippen molar-refractivity contribution in [1.29, 1.82) is 0 Å². The first kappa shape index (κ1) is 37.7. The fourth-order valence-corrected chi connectivity index (χ4v) is 6.37. The number of methoxy groups -OCH3 is 1. The number of rotatable bonds is 12. The van der Waals surface area contributed by atoms with Crippen LogP contribution >= 0.6 is 11.6 Å². The first-order chi connectivity index (χ1) is 22.7. The molecule has 20 heteroatoms. The number of phenols is 1. The zero-order valence-corrected chi connectivity index (χ0v) is 30.6. The number of aromatic nitrogens is 3. The average molecular weight is 736 g/mol. The van der Waals surface area contributed by atoms with Gasteiger partial charge in [0, 0.05) is 25.4 Å². The zero-order valence-electron chi connectivity index (χ0n) is 26.2. The van der Waals surface area contributed by atoms with Crippen LogP contribution in [0.2, 0.25) is 5.28 Å². The van der Waals surface area contributed by atoms with Crippen molar-refractivity contribution in [1.82, 2.24) is 15.0 Å². The van der Waals surface area contributed by atoms with E-state index in [1.54, 1.807) is 31.2 Å². The summed E-state index contributed by atoms with van der Waals surface area (Å²) in [6.45, 7) is 2.49. The molecule has 0 saturated carbocycles. The van der Waals surface area contributed by atoms with Crippen LogP contribution in [0.25, 0.3) is 10.8 Å². The molecular formula is C29H27ClN9NaO7S2. The molecule has 0 fully saturated rings. The number of aryl methyl sites for hydroxylation is 1. The van der Waals surface area contributed by atoms with Crippen molar-refractivity contribution in [2.24, 2.45) is 10.2 Å². The minimum absolute atomic E-state index is 0. The van der Waals surface area contributed by atoms with Crippen LogP contribution in [-0.4, -0.2) is 61.7 Å². The molecule has 0 radical (unpaired) electrons. The molecule has 5 aromatic rings. The monoisotopic (exact) mass is 735 g/mol. The minimum atomic E-state index is -5.04. The van der Waals surface area contributed by atoms with E-state index >= 15 is 0 Å². The maximum atomic E-state index is 13.2. The molecule has 49 heavy (non-hydrogen) atoms. The number of nitrogens with two attached hydrogens (primary N) is 1. The third kappa shape index (κ3) is 9.11. The van der Waals surface area contributed by atoms with E-state index in [-0.39, 0.29) is 85.2 Å². The van der Waals surface area contributed by atoms with Crippen molar-refractivity contribution < 1.29 is 60.8 Å². The van der Waals surface area contributed by atoms with Crippen LogP contribution in [0.15, 0.2) is 86.7 Å². The molecule has 0 bridgehead atoms. The molecule has 0 atom stereocenters. The number of hydrogen-bond acceptors (Lipinski definition) is 15. The van der Waals surface area contributed by atoms with E-state index in [0.717, 1.165) is 12.1 Å². The van der Waals surface area contributed by atoms with Gasteiger partial charge in [-0.15, -0.1) is 10.2 Å². The van der Waals surface area contributed by atoms with Gasteiger partial charge < -0.3 is 30.8 Å². The summed E-state index contributed by atoms with van der Waals surface area (Å²) in [5.74, 6) is -0.365. The van der Waals surface area contributed by atoms with Crippen molar-refractivity contribution in [2.45, 2.75) is 16.7 Å². The van der Waals surface area contributed by atoms with Gasteiger partial charge >= 0.3 is 29.6 Å². The van der Waals surface area contributed by atoms with Crippen LogP contribution in [0.5, 0.6) is 5.75 Å². The van der Waals surface area contributed by atoms with Crippen molar-refractivity contribution in [3.63, 3.8) is 0 Å². The largest absolute Gasteiger partial charge is 1.00 e. The second-order valence-electron chi connectivity index (χ2n) is 10.1. The number of ether oxygens (including phenoxy) is 1. The number of aromatic hydroxyl groups is 1. The second-order valence-corrected chi connectivity index (χ2v) is 13.5. The smallest absolute Gasteiger partial charge is 0.744 e. The summed E-state index contributed by atoms with van der Waals surface area (Å²) in [6, 6.07) is 15.5. The number of benzene rings is 4. The molecule has 0 aliphatic rings. The number of para-hydroxylation sites is 1. The van der Waals surface area contributed by atoms with Crippen LogP contribution in [0, 0.1) is 6.92 Å². The van der Waals surface area contributed by atoms with Crippen molar-refractivity contribution >= 4 is 82.8 Å². The van der Waals surface area contributed by atoms with Gasteiger partial charge in [0.15, 0.2) is 0 Å². The summed E-state index contributed by atoms with van der Waals surface area (Å²) < 4.78 is 70.1. The van der Waals surface area contributed by atoms with Gasteiger partial charge in [-0.1, -0.05) is 24.3 Å². The van der Waals surface area contributed by atoms with Gasteiger partial charge in [-0.25, -0.2) is 16.8 Å². The van der Waals surface area contributed by atoms with E-state index in [9.17, 15) is 26.5 Å². The molecule has 16 nitrogen and oxygen atoms in total. The fourth-order valence-electron chi connectivity index (χ4n) is 4.44. The van der Waals surface area contributed by atoms with Gasteiger partial charge in [0.05, 0.1) is 33.2 Å². The second kappa shape index (κ2) is 15.6. The number of fused-ring (bicyclic) bond motifs is 1. The van der Waals surface area contributed by atoms with Gasteiger partial charge in [-0.05, 0) is 65.9 Å². The first-order valence-corrected chi connectivity index (χ1v) is 17.1. The Labute approximate surface area is 308 Å². The Bertz CT molecular complexity index is 2280. The number of phenolic OH excluding ortho intramolecular Hbond substituents is 1. The number of nitrogens with zero attached hydrogens (tertiary/aromatic N) is 5. The molecule has 0 amide bonds. The number of sulfonamides is 1. The summed E-state index contributed by atoms with van der Waals surface area (Å²) in [6.07, 6.45) is 0. The molecule has 6 N–H and O–H groups in total. The summed E-state index contributed by atoms with van der Waals surface area (Å²) in [5.41, 5.74) is 6.94. The van der Waals surface area contributed by atoms with Crippen molar-refractivity contribution in [2.75, 3.05) is 41.4 Å². The minimum Gasteiger partial charge on any atom is -0.744 e. The predicted molar refractivity (Wildman–Crippen MR) is 179 cm³/mol. The van der Waals surface area contributed by atoms with Gasteiger partial charge in [0.1, 0.15) is 27.2 Å². The molecule has 1 aromatic heterocycles. The van der Waals surface area contributed by atoms with Gasteiger partial charge in [-0.3, -0.25) is 4.72 Å². The van der Waals surface area contributed by atoms with Crippen LogP contribution in [0.1, 0.15) is 5.56 Å². The Balaban J connectivity index is 0.00000541. The fraction of sp³-hybridized carbons (Fsp3) is 0.138. The number of halogens is 1. The predicted octanol–water partition coefficient (Wildman–Crippen LogP) is 2.20. The maximum absolute atomic E-state index is 13.2. The quantitative estimate of drug-likeness (QED) is 0.0406. The molecule has 250 valence electrons. The first-order valence-electron chi connectivity index (χ1n) is 13.8. The van der Waals surface area contributed by atoms with Crippen molar-refractivity contribution in [3.8, 4) is 5.75 Å². The number of azo groups is 1. The SMILES string of the molecule is COCCNc1nc(Cl)nc(Nc2ccc(S(=O)(=O)[O-])c(N=Nc3c(N)ccc4cc(S(=O)(=O)Nc5ccccc5C)cc(O)c34)c2)n1.[Na+]. The standard InChI is InChI=1S/C29H28ClN9O7S2.Na/c1-16-5-3-4-6-21(16)39-47(41,42)19-13-17-7-9-20(31)26(25(17)23(40)15-19)38-37-22-14-18(8-10-24(22)48(43,44)45)33-29-35-27(30)34-28(36-29)32-11-12-46-2;/h3-10,13-15,39-40H,11-12,31H2,1-2H3,(H,43,44,45)(H2,32,33,34,35,36);/q;+1/p-1. The van der Waals surface area contributed by atoms with Crippen LogP contribution in [0.3, 0.4) is 0 Å². The third-order valence-corrected chi connectivity index (χ3v) is 9.11. The van der Waals surface area contributed by atoms with Gasteiger partial charge in [-0.2, -0.15) is 15.0 Å². The topological polar surface area (TPSA) is 246 Å². The van der Waals surface area contributed by atoms with E-state index in [1.165, 1.54) is 37.4 Å². The number of anilines is 5. The summed E-state index contributed by atoms with van der Waals surface area (Å²) in [5, 5.41) is 25.0. The van der Waals surface area contributed by atoms with Crippen molar-refractivity contribution in [3.05, 3.63) is 77.6 Å². The number of hydrogen-bond donors (Lipinski definition) is 5. The third-order valence-electron chi connectivity index (χ3n) is 6.71. The molecule has 5 rings (SSSR count). The number of nitrogen functional groups attached to an aromatic ring is 1. The molecule has 0 unspecified atom stereocenters. The Morgan fingerprint density at radius 2 is 1.71 bits per heavy atom. The maximum Gasteiger partial charge on any atom is 1.00 e. The Kier molecular flexibility index (Phi) is 12.0. The van der Waals surface area contributed by atoms with E-state index in [0.29, 0.717) is 24.4 Å². The summed E-state index contributed by atoms with van der Waals surface area (Å²) >= 11 is 6.02. The zero-order chi connectivity index (χ0) is 34.6. The van der Waals surface area contributed by atoms with E-state index < -0.39 is 30.8 Å². The summed E-state index contributed by atoms with van der Waals surface area (Å²) in [4.78, 5) is 11.2. The van der Waals surface area contributed by atoms with E-state index in [2.05, 4.69) is 40.5 Å².